The molecule has 31 heteroatoms. The van der Waals surface area contributed by atoms with Gasteiger partial charge in [0.1, 0.15) is 42.3 Å². The van der Waals surface area contributed by atoms with Crippen LogP contribution in [-0.4, -0.2) is 171 Å². The fourth-order valence-electron chi connectivity index (χ4n) is 7.61. The van der Waals surface area contributed by atoms with Crippen LogP contribution in [0.3, 0.4) is 0 Å². The summed E-state index contributed by atoms with van der Waals surface area (Å²) in [5, 5.41) is 71.7. The molecule has 77 heavy (non-hydrogen) atoms. The van der Waals surface area contributed by atoms with Crippen molar-refractivity contribution in [1.82, 2.24) is 63.8 Å². The molecule has 8 amide bonds. The van der Waals surface area contributed by atoms with Gasteiger partial charge in [-0.1, -0.05) is 27.7 Å². The zero-order chi connectivity index (χ0) is 58.6. The molecular formula is C46H92N22O9. The first-order valence-electron chi connectivity index (χ1n) is 26.0. The van der Waals surface area contributed by atoms with Crippen molar-refractivity contribution in [3.8, 4) is 0 Å². The Balaban J connectivity index is 7.08. The minimum atomic E-state index is -1.43. The Kier molecular flexibility index (Phi) is 35.4. The lowest BCUT2D eigenvalue weighted by atomic mass is 9.99. The number of aliphatic hydroxyl groups is 1. The van der Waals surface area contributed by atoms with E-state index in [-0.39, 0.29) is 113 Å². The molecule has 8 atom stereocenters. The van der Waals surface area contributed by atoms with Crippen molar-refractivity contribution in [3.05, 3.63) is 0 Å². The predicted octanol–water partition coefficient (Wildman–Crippen LogP) is -6.28. The van der Waals surface area contributed by atoms with Gasteiger partial charge in [0.25, 0.3) is 0 Å². The highest BCUT2D eigenvalue weighted by Gasteiger charge is 2.35. The molecule has 0 fully saturated rings. The molecule has 440 valence electrons. The summed E-state index contributed by atoms with van der Waals surface area (Å²) in [4.78, 5) is 110. The maximum Gasteiger partial charge on any atom is 0.243 e. The van der Waals surface area contributed by atoms with Gasteiger partial charge in [-0.15, -0.1) is 0 Å². The molecule has 0 saturated carbocycles. The third-order valence-corrected chi connectivity index (χ3v) is 11.6. The van der Waals surface area contributed by atoms with Gasteiger partial charge in [0.2, 0.25) is 47.3 Å². The normalized spacial score (nSPS) is 14.1. The van der Waals surface area contributed by atoms with E-state index in [4.69, 9.17) is 56.0 Å². The Morgan fingerprint density at radius 2 is 0.636 bits per heavy atom. The van der Waals surface area contributed by atoms with E-state index in [2.05, 4.69) is 63.8 Å². The molecule has 0 spiro atoms. The first-order chi connectivity index (χ1) is 36.3. The quantitative estimate of drug-likeness (QED) is 0.0154. The number of primary amides is 1. The van der Waals surface area contributed by atoms with Gasteiger partial charge in [0.15, 0.2) is 23.8 Å². The lowest BCUT2D eigenvalue weighted by Gasteiger charge is -2.29. The highest BCUT2D eigenvalue weighted by atomic mass is 16.3. The first-order valence-corrected chi connectivity index (χ1v) is 26.0. The average molecular weight is 1100 g/mol. The van der Waals surface area contributed by atoms with Crippen molar-refractivity contribution < 1.29 is 43.5 Å². The van der Waals surface area contributed by atoms with E-state index in [1.165, 1.54) is 0 Å². The summed E-state index contributed by atoms with van der Waals surface area (Å²) in [7, 11) is 1.58. The SMILES string of the molecule is CN[C@@H](CCCNC(=N)N)C(=O)N[C@@H](CCCCN)C(=O)N[C@@H](CCCNC(=N)N)C(=O)N[C@@H](CCCNC(=N)N)C(=O)N[C@@H](CCCNC(=N)N)C(=O)N[C@@H](CC(C)C)C(=O)N[C@@H](CC(C)C)C(=O)N[C@@H](CO)C(N)=O. The fourth-order valence-corrected chi connectivity index (χ4v) is 7.61. The van der Waals surface area contributed by atoms with Crippen LogP contribution in [0.25, 0.3) is 0 Å². The molecule has 31 nitrogen and oxygen atoms in total. The lowest BCUT2D eigenvalue weighted by Crippen LogP contribution is -2.60. The van der Waals surface area contributed by atoms with Gasteiger partial charge in [0, 0.05) is 26.2 Å². The van der Waals surface area contributed by atoms with Crippen LogP contribution in [0.2, 0.25) is 0 Å². The third-order valence-electron chi connectivity index (χ3n) is 11.6. The predicted molar refractivity (Wildman–Crippen MR) is 291 cm³/mol. The van der Waals surface area contributed by atoms with Crippen molar-refractivity contribution >= 4 is 71.1 Å². The number of hydrogen-bond acceptors (Lipinski definition) is 15. The van der Waals surface area contributed by atoms with E-state index in [0.717, 1.165) is 0 Å². The van der Waals surface area contributed by atoms with E-state index in [9.17, 15) is 43.5 Å². The largest absolute Gasteiger partial charge is 0.394 e. The molecule has 0 saturated heterocycles. The molecule has 29 N–H and O–H groups in total. The summed E-state index contributed by atoms with van der Waals surface area (Å²) in [5.41, 5.74) is 32.9. The highest BCUT2D eigenvalue weighted by Crippen LogP contribution is 2.12. The minimum absolute atomic E-state index is 0.0514. The van der Waals surface area contributed by atoms with E-state index in [1.54, 1.807) is 34.7 Å². The molecular weight excluding hydrogens is 1000 g/mol. The van der Waals surface area contributed by atoms with Crippen molar-refractivity contribution in [2.75, 3.05) is 46.4 Å². The summed E-state index contributed by atoms with van der Waals surface area (Å²) in [6.45, 7) is 7.29. The molecule has 0 aliphatic heterocycles. The Morgan fingerprint density at radius 1 is 0.390 bits per heavy atom. The van der Waals surface area contributed by atoms with E-state index in [0.29, 0.717) is 38.8 Å². The number of hydrogen-bond donors (Lipinski definition) is 23. The first kappa shape index (κ1) is 69.7. The van der Waals surface area contributed by atoms with Gasteiger partial charge in [-0.2, -0.15) is 0 Å². The minimum Gasteiger partial charge on any atom is -0.394 e. The molecule has 0 unspecified atom stereocenters. The zero-order valence-electron chi connectivity index (χ0n) is 45.4. The van der Waals surface area contributed by atoms with Crippen LogP contribution in [-0.2, 0) is 38.4 Å². The maximum absolute atomic E-state index is 14.5. The molecule has 0 rings (SSSR count). The van der Waals surface area contributed by atoms with Crippen LogP contribution in [0.1, 0.15) is 111 Å². The van der Waals surface area contributed by atoms with Crippen LogP contribution in [0.5, 0.6) is 0 Å². The number of unbranched alkanes of at least 4 members (excludes halogenated alkanes) is 1. The van der Waals surface area contributed by atoms with Crippen LogP contribution in [0.4, 0.5) is 0 Å². The van der Waals surface area contributed by atoms with Gasteiger partial charge in [-0.05, 0) is 109 Å². The van der Waals surface area contributed by atoms with Crippen LogP contribution in [0, 0.1) is 33.5 Å². The molecule has 0 aromatic rings. The van der Waals surface area contributed by atoms with E-state index < -0.39 is 102 Å². The maximum atomic E-state index is 14.5. The Bertz CT molecular complexity index is 1930. The highest BCUT2D eigenvalue weighted by molar-refractivity contribution is 5.98. The topological polar surface area (TPSA) is 553 Å². The molecule has 0 aliphatic rings. The number of aliphatic hydroxyl groups excluding tert-OH is 1. The van der Waals surface area contributed by atoms with Crippen molar-refractivity contribution in [2.45, 2.75) is 160 Å². The molecule has 0 aliphatic carbocycles. The molecule has 0 radical (unpaired) electrons. The number of amides is 8. The summed E-state index contributed by atoms with van der Waals surface area (Å²) in [6.07, 6.45) is 2.26. The third kappa shape index (κ3) is 32.0. The Hall–Kier alpha value is -7.28. The number of carbonyl (C=O) groups is 8. The second-order valence-corrected chi connectivity index (χ2v) is 19.3. The Morgan fingerprint density at radius 3 is 0.883 bits per heavy atom. The average Bonchev–Trinajstić information content (AvgIpc) is 3.34. The second kappa shape index (κ2) is 39.2. The number of nitrogens with two attached hydrogens (primary N) is 6. The summed E-state index contributed by atoms with van der Waals surface area (Å²) in [6, 6.07) is -9.94. The summed E-state index contributed by atoms with van der Waals surface area (Å²) < 4.78 is 0. The second-order valence-electron chi connectivity index (χ2n) is 19.3. The summed E-state index contributed by atoms with van der Waals surface area (Å²) in [5.74, 6) is -7.95. The number of carbonyl (C=O) groups excluding carboxylic acids is 8. The van der Waals surface area contributed by atoms with E-state index in [1.807, 2.05) is 0 Å². The smallest absolute Gasteiger partial charge is 0.243 e. The van der Waals surface area contributed by atoms with Crippen molar-refractivity contribution in [2.24, 2.45) is 46.2 Å². The summed E-state index contributed by atoms with van der Waals surface area (Å²) >= 11 is 0. The molecule has 0 heterocycles. The van der Waals surface area contributed by atoms with Gasteiger partial charge in [-0.3, -0.25) is 60.0 Å². The lowest BCUT2D eigenvalue weighted by molar-refractivity contribution is -0.136. The number of nitrogens with one attached hydrogen (secondary N) is 16. The fraction of sp³-hybridized carbons (Fsp3) is 0.739. The Labute approximate surface area is 451 Å². The molecule has 0 aromatic carbocycles. The zero-order valence-corrected chi connectivity index (χ0v) is 45.4. The number of rotatable bonds is 41. The number of guanidine groups is 4. The van der Waals surface area contributed by atoms with Crippen molar-refractivity contribution in [3.63, 3.8) is 0 Å². The van der Waals surface area contributed by atoms with Gasteiger partial charge < -0.3 is 103 Å². The number of likely N-dealkylation sites (N-methyl/N-ethyl adjacent to an activating group) is 1. The van der Waals surface area contributed by atoms with Gasteiger partial charge in [-0.25, -0.2) is 0 Å². The van der Waals surface area contributed by atoms with Gasteiger partial charge >= 0.3 is 0 Å². The monoisotopic (exact) mass is 1100 g/mol. The van der Waals surface area contributed by atoms with Crippen molar-refractivity contribution in [1.29, 1.82) is 21.6 Å². The standard InChI is InChI=1S/C46H92N22O9/c1-25(2)22-32(41(76)67-33(23-26(3)4)42(77)68-34(24-69)35(48)70)66-40(75)31(16-11-21-61-46(55)56)65-39(74)30(15-10-20-60-45(53)54)64-38(73)29(14-9-19-59-44(51)52)63-37(72)28(12-6-7-17-47)62-36(71)27(57-5)13-8-18-58-43(49)50/h25-34,57,69H,6-24,47H2,1-5H3,(H2,48,70)(H,62,71)(H,63,72)(H,64,73)(H,65,74)(H,66,75)(H,67,76)(H,68,77)(H4,49,50,58)(H4,51,52,59)(H4,53,54,60)(H4,55,56,61)/t27-,28-,29-,30-,31-,32-,33-,34-/m0/s1. The van der Waals surface area contributed by atoms with Crippen LogP contribution >= 0.6 is 0 Å². The van der Waals surface area contributed by atoms with Crippen LogP contribution < -0.4 is 98.2 Å². The van der Waals surface area contributed by atoms with Crippen LogP contribution in [0.15, 0.2) is 0 Å². The molecule has 0 aromatic heterocycles. The van der Waals surface area contributed by atoms with E-state index >= 15 is 0 Å². The van der Waals surface area contributed by atoms with Gasteiger partial charge in [0.05, 0.1) is 12.6 Å². The molecule has 0 bridgehead atoms.